The number of piperidine rings is 1. The first kappa shape index (κ1) is 15.6. The summed E-state index contributed by atoms with van der Waals surface area (Å²) < 4.78 is 6.08. The number of aromatic hydroxyl groups is 1. The van der Waals surface area contributed by atoms with E-state index in [4.69, 9.17) is 4.74 Å². The maximum Gasteiger partial charge on any atom is 0.172 e. The van der Waals surface area contributed by atoms with Crippen LogP contribution in [0.3, 0.4) is 0 Å². The van der Waals surface area contributed by atoms with Crippen LogP contribution in [0, 0.1) is 5.92 Å². The Morgan fingerprint density at radius 1 is 1.45 bits per heavy atom. The zero-order valence-electron chi connectivity index (χ0n) is 12.0. The van der Waals surface area contributed by atoms with E-state index in [-0.39, 0.29) is 17.8 Å². The van der Waals surface area contributed by atoms with Gasteiger partial charge < -0.3 is 19.8 Å². The Kier molecular flexibility index (Phi) is 5.29. The molecule has 1 heterocycles. The van der Waals surface area contributed by atoms with Crippen molar-refractivity contribution < 1.29 is 14.9 Å². The van der Waals surface area contributed by atoms with Gasteiger partial charge in [0.25, 0.3) is 0 Å². The van der Waals surface area contributed by atoms with Gasteiger partial charge in [-0.25, -0.2) is 0 Å². The molecule has 1 fully saturated rings. The maximum atomic E-state index is 10.1. The summed E-state index contributed by atoms with van der Waals surface area (Å²) >= 11 is 3.36. The molecule has 1 aromatic rings. The number of benzene rings is 1. The van der Waals surface area contributed by atoms with Crippen LogP contribution in [-0.4, -0.2) is 48.0 Å². The Morgan fingerprint density at radius 3 is 2.90 bits per heavy atom. The lowest BCUT2D eigenvalue weighted by Gasteiger charge is -2.34. The number of phenolic OH excluding ortho intramolecular Hbond substituents is 1. The quantitative estimate of drug-likeness (QED) is 0.881. The van der Waals surface area contributed by atoms with Gasteiger partial charge in [0.05, 0.1) is 17.2 Å². The fraction of sp³-hybridized carbons (Fsp3) is 0.600. The van der Waals surface area contributed by atoms with Crippen molar-refractivity contribution in [2.24, 2.45) is 5.92 Å². The van der Waals surface area contributed by atoms with Gasteiger partial charge in [-0.05, 0) is 60.4 Å². The third kappa shape index (κ3) is 3.65. The second-order valence-electron chi connectivity index (χ2n) is 5.44. The van der Waals surface area contributed by atoms with E-state index in [2.05, 4.69) is 27.9 Å². The standard InChI is InChI=1S/C15H22BrNO3/c1-3-20-14-8-10(7-12(16)15(14)19)6-11-9-17(2)5-4-13(11)18/h7-8,11,13,18-19H,3-6,9H2,1-2H3. The van der Waals surface area contributed by atoms with Gasteiger partial charge in [-0.3, -0.25) is 0 Å². The monoisotopic (exact) mass is 343 g/mol. The predicted octanol–water partition coefficient (Wildman–Crippen LogP) is 2.41. The molecule has 0 amide bonds. The van der Waals surface area contributed by atoms with Crippen molar-refractivity contribution in [3.05, 3.63) is 22.2 Å². The summed E-state index contributed by atoms with van der Waals surface area (Å²) in [5, 5.41) is 20.0. The lowest BCUT2D eigenvalue weighted by atomic mass is 9.89. The Bertz CT molecular complexity index is 467. The molecule has 4 nitrogen and oxygen atoms in total. The van der Waals surface area contributed by atoms with Gasteiger partial charge in [-0.15, -0.1) is 0 Å². The summed E-state index contributed by atoms with van der Waals surface area (Å²) in [5.41, 5.74) is 1.07. The average Bonchev–Trinajstić information content (AvgIpc) is 2.40. The molecule has 2 N–H and O–H groups in total. The van der Waals surface area contributed by atoms with Crippen molar-refractivity contribution in [1.82, 2.24) is 4.90 Å². The molecule has 0 aliphatic carbocycles. The highest BCUT2D eigenvalue weighted by atomic mass is 79.9. The molecule has 112 valence electrons. The number of phenols is 1. The number of aliphatic hydroxyl groups is 1. The van der Waals surface area contributed by atoms with E-state index >= 15 is 0 Å². The summed E-state index contributed by atoms with van der Waals surface area (Å²) in [6.45, 7) is 4.24. The highest BCUT2D eigenvalue weighted by Crippen LogP contribution is 2.36. The first-order valence-electron chi connectivity index (χ1n) is 7.02. The van der Waals surface area contributed by atoms with Crippen molar-refractivity contribution >= 4 is 15.9 Å². The van der Waals surface area contributed by atoms with Crippen molar-refractivity contribution in [2.75, 3.05) is 26.7 Å². The summed E-state index contributed by atoms with van der Waals surface area (Å²) in [7, 11) is 2.08. The highest BCUT2D eigenvalue weighted by molar-refractivity contribution is 9.10. The predicted molar refractivity (Wildman–Crippen MR) is 82.3 cm³/mol. The molecule has 0 bridgehead atoms. The van der Waals surface area contributed by atoms with Crippen LogP contribution >= 0.6 is 15.9 Å². The van der Waals surface area contributed by atoms with Gasteiger partial charge >= 0.3 is 0 Å². The van der Waals surface area contributed by atoms with Crippen molar-refractivity contribution in [2.45, 2.75) is 25.9 Å². The van der Waals surface area contributed by atoms with Crippen molar-refractivity contribution in [3.8, 4) is 11.5 Å². The van der Waals surface area contributed by atoms with Crippen LogP contribution in [0.2, 0.25) is 0 Å². The molecule has 0 radical (unpaired) electrons. The van der Waals surface area contributed by atoms with E-state index in [1.807, 2.05) is 19.1 Å². The van der Waals surface area contributed by atoms with Gasteiger partial charge in [0.1, 0.15) is 0 Å². The Balaban J connectivity index is 2.16. The van der Waals surface area contributed by atoms with Crippen LogP contribution in [-0.2, 0) is 6.42 Å². The first-order valence-corrected chi connectivity index (χ1v) is 7.81. The fourth-order valence-corrected chi connectivity index (χ4v) is 3.21. The van der Waals surface area contributed by atoms with Crippen LogP contribution in [0.5, 0.6) is 11.5 Å². The third-order valence-electron chi connectivity index (χ3n) is 3.78. The van der Waals surface area contributed by atoms with E-state index in [1.54, 1.807) is 0 Å². The molecule has 0 spiro atoms. The largest absolute Gasteiger partial charge is 0.503 e. The normalized spacial score (nSPS) is 23.8. The Hall–Kier alpha value is -0.780. The molecule has 1 aliphatic heterocycles. The number of nitrogens with zero attached hydrogens (tertiary/aromatic N) is 1. The molecule has 5 heteroatoms. The second-order valence-corrected chi connectivity index (χ2v) is 6.29. The van der Waals surface area contributed by atoms with E-state index in [1.165, 1.54) is 0 Å². The lowest BCUT2D eigenvalue weighted by molar-refractivity contribution is 0.0366. The first-order chi connectivity index (χ1) is 9.51. The lowest BCUT2D eigenvalue weighted by Crippen LogP contribution is -2.41. The fourth-order valence-electron chi connectivity index (χ4n) is 2.72. The third-order valence-corrected chi connectivity index (χ3v) is 4.39. The number of likely N-dealkylation sites (tertiary alicyclic amines) is 1. The molecule has 2 atom stereocenters. The number of hydrogen-bond donors (Lipinski definition) is 2. The number of hydrogen-bond acceptors (Lipinski definition) is 4. The number of rotatable bonds is 4. The summed E-state index contributed by atoms with van der Waals surface area (Å²) in [4.78, 5) is 2.25. The molecular formula is C15H22BrNO3. The minimum absolute atomic E-state index is 0.136. The smallest absolute Gasteiger partial charge is 0.172 e. The zero-order valence-corrected chi connectivity index (χ0v) is 13.6. The summed E-state index contributed by atoms with van der Waals surface area (Å²) in [6.07, 6.45) is 1.35. The minimum atomic E-state index is -0.255. The van der Waals surface area contributed by atoms with E-state index < -0.39 is 0 Å². The van der Waals surface area contributed by atoms with Crippen LogP contribution in [0.25, 0.3) is 0 Å². The van der Waals surface area contributed by atoms with Gasteiger partial charge in [0.2, 0.25) is 0 Å². The Morgan fingerprint density at radius 2 is 2.20 bits per heavy atom. The summed E-state index contributed by atoms with van der Waals surface area (Å²) in [6, 6.07) is 3.77. The topological polar surface area (TPSA) is 52.9 Å². The van der Waals surface area contributed by atoms with Crippen LogP contribution in [0.1, 0.15) is 18.9 Å². The van der Waals surface area contributed by atoms with E-state index in [0.29, 0.717) is 16.8 Å². The van der Waals surface area contributed by atoms with Crippen LogP contribution in [0.15, 0.2) is 16.6 Å². The maximum absolute atomic E-state index is 10.1. The van der Waals surface area contributed by atoms with E-state index in [9.17, 15) is 10.2 Å². The van der Waals surface area contributed by atoms with Crippen LogP contribution < -0.4 is 4.74 Å². The molecule has 2 rings (SSSR count). The van der Waals surface area contributed by atoms with Gasteiger partial charge in [-0.2, -0.15) is 0 Å². The second kappa shape index (κ2) is 6.78. The molecule has 1 saturated heterocycles. The molecular weight excluding hydrogens is 322 g/mol. The molecule has 1 aliphatic rings. The van der Waals surface area contributed by atoms with Gasteiger partial charge in [-0.1, -0.05) is 0 Å². The molecule has 1 aromatic carbocycles. The minimum Gasteiger partial charge on any atom is -0.503 e. The zero-order chi connectivity index (χ0) is 14.7. The number of halogens is 1. The molecule has 0 aromatic heterocycles. The SMILES string of the molecule is CCOc1cc(CC2CN(C)CCC2O)cc(Br)c1O. The summed E-state index contributed by atoms with van der Waals surface area (Å²) in [5.74, 6) is 0.854. The van der Waals surface area contributed by atoms with Crippen molar-refractivity contribution in [3.63, 3.8) is 0 Å². The van der Waals surface area contributed by atoms with Crippen molar-refractivity contribution in [1.29, 1.82) is 0 Å². The molecule has 2 unspecified atom stereocenters. The van der Waals surface area contributed by atoms with Gasteiger partial charge in [0, 0.05) is 19.0 Å². The van der Waals surface area contributed by atoms with Crippen LogP contribution in [0.4, 0.5) is 0 Å². The molecule has 20 heavy (non-hydrogen) atoms. The Labute approximate surface area is 128 Å². The van der Waals surface area contributed by atoms with E-state index in [0.717, 1.165) is 31.5 Å². The number of aliphatic hydroxyl groups excluding tert-OH is 1. The number of ether oxygens (including phenoxy) is 1. The molecule has 0 saturated carbocycles. The van der Waals surface area contributed by atoms with Gasteiger partial charge in [0.15, 0.2) is 11.5 Å². The highest BCUT2D eigenvalue weighted by Gasteiger charge is 2.26. The average molecular weight is 344 g/mol.